The van der Waals surface area contributed by atoms with Gasteiger partial charge in [-0.1, -0.05) is 18.6 Å². The van der Waals surface area contributed by atoms with Gasteiger partial charge in [-0.25, -0.2) is 0 Å². The van der Waals surface area contributed by atoms with Crippen LogP contribution in [0.4, 0.5) is 0 Å². The fourth-order valence-corrected chi connectivity index (χ4v) is 4.44. The van der Waals surface area contributed by atoms with Crippen molar-refractivity contribution in [3.05, 3.63) is 29.3 Å². The van der Waals surface area contributed by atoms with Crippen molar-refractivity contribution in [3.63, 3.8) is 0 Å². The van der Waals surface area contributed by atoms with E-state index in [0.29, 0.717) is 6.42 Å². The van der Waals surface area contributed by atoms with Crippen molar-refractivity contribution >= 4 is 5.91 Å². The number of rotatable bonds is 3. The van der Waals surface area contributed by atoms with Gasteiger partial charge in [-0.05, 0) is 42.9 Å². The Bertz CT molecular complexity index is 635. The van der Waals surface area contributed by atoms with Gasteiger partial charge in [0.1, 0.15) is 11.3 Å². The number of carbonyl (C=O) groups excluding carboxylic acids is 1. The SMILES string of the molecule is COc1cccc2c1CCC2(N)C(=O)N1CCN(C2CCC2)CC1. The van der Waals surface area contributed by atoms with Crippen LogP contribution >= 0.6 is 0 Å². The fraction of sp³-hybridized carbons (Fsp3) is 0.632. The third-order valence-electron chi connectivity index (χ3n) is 6.18. The Labute approximate surface area is 143 Å². The summed E-state index contributed by atoms with van der Waals surface area (Å²) in [6, 6.07) is 6.64. The van der Waals surface area contributed by atoms with E-state index in [2.05, 4.69) is 4.90 Å². The molecule has 5 heteroatoms. The summed E-state index contributed by atoms with van der Waals surface area (Å²) >= 11 is 0. The molecular weight excluding hydrogens is 302 g/mol. The van der Waals surface area contributed by atoms with Gasteiger partial charge in [0.05, 0.1) is 7.11 Å². The summed E-state index contributed by atoms with van der Waals surface area (Å²) in [5.41, 5.74) is 7.81. The lowest BCUT2D eigenvalue weighted by atomic mass is 9.89. The smallest absolute Gasteiger partial charge is 0.247 e. The summed E-state index contributed by atoms with van der Waals surface area (Å²) in [6.07, 6.45) is 5.48. The summed E-state index contributed by atoms with van der Waals surface area (Å²) in [6.45, 7) is 3.57. The third-order valence-corrected chi connectivity index (χ3v) is 6.18. The van der Waals surface area contributed by atoms with E-state index >= 15 is 0 Å². The maximum atomic E-state index is 13.2. The molecular formula is C19H27N3O2. The second-order valence-corrected chi connectivity index (χ2v) is 7.37. The van der Waals surface area contributed by atoms with E-state index in [4.69, 9.17) is 10.5 Å². The first-order valence-corrected chi connectivity index (χ1v) is 9.12. The molecule has 4 rings (SSSR count). The predicted octanol–water partition coefficient (Wildman–Crippen LogP) is 1.49. The Morgan fingerprint density at radius 2 is 2.00 bits per heavy atom. The van der Waals surface area contributed by atoms with E-state index in [1.54, 1.807) is 7.11 Å². The highest BCUT2D eigenvalue weighted by Crippen LogP contribution is 2.41. The number of ether oxygens (including phenoxy) is 1. The van der Waals surface area contributed by atoms with Crippen molar-refractivity contribution in [2.75, 3.05) is 33.3 Å². The van der Waals surface area contributed by atoms with Crippen molar-refractivity contribution in [3.8, 4) is 5.75 Å². The zero-order valence-corrected chi connectivity index (χ0v) is 14.5. The number of nitrogens with zero attached hydrogens (tertiary/aromatic N) is 2. The normalized spacial score (nSPS) is 27.7. The summed E-state index contributed by atoms with van der Waals surface area (Å²) < 4.78 is 5.45. The minimum Gasteiger partial charge on any atom is -0.496 e. The first-order valence-electron chi connectivity index (χ1n) is 9.12. The maximum Gasteiger partial charge on any atom is 0.247 e. The highest BCUT2D eigenvalue weighted by Gasteiger charge is 2.45. The number of methoxy groups -OCH3 is 1. The van der Waals surface area contributed by atoms with Crippen LogP contribution in [-0.4, -0.2) is 55.0 Å². The van der Waals surface area contributed by atoms with Crippen LogP contribution < -0.4 is 10.5 Å². The second kappa shape index (κ2) is 6.05. The van der Waals surface area contributed by atoms with E-state index in [1.807, 2.05) is 23.1 Å². The number of hydrogen-bond acceptors (Lipinski definition) is 4. The quantitative estimate of drug-likeness (QED) is 0.913. The molecule has 24 heavy (non-hydrogen) atoms. The number of fused-ring (bicyclic) bond motifs is 1. The molecule has 5 nitrogen and oxygen atoms in total. The van der Waals surface area contributed by atoms with Gasteiger partial charge in [-0.3, -0.25) is 9.69 Å². The second-order valence-electron chi connectivity index (χ2n) is 7.37. The molecule has 1 atom stereocenters. The predicted molar refractivity (Wildman–Crippen MR) is 93.0 cm³/mol. The number of piperazine rings is 1. The molecule has 1 aromatic carbocycles. The zero-order chi connectivity index (χ0) is 16.7. The maximum absolute atomic E-state index is 13.2. The van der Waals surface area contributed by atoms with Crippen LogP contribution in [0.2, 0.25) is 0 Å². The summed E-state index contributed by atoms with van der Waals surface area (Å²) in [5.74, 6) is 0.935. The molecule has 2 N–H and O–H groups in total. The van der Waals surface area contributed by atoms with Crippen molar-refractivity contribution in [1.29, 1.82) is 0 Å². The van der Waals surface area contributed by atoms with Gasteiger partial charge in [0, 0.05) is 32.2 Å². The molecule has 1 unspecified atom stereocenters. The molecule has 3 aliphatic rings. The highest BCUT2D eigenvalue weighted by atomic mass is 16.5. The third kappa shape index (κ3) is 2.42. The van der Waals surface area contributed by atoms with Crippen molar-refractivity contribution in [2.45, 2.75) is 43.7 Å². The number of benzene rings is 1. The van der Waals surface area contributed by atoms with Gasteiger partial charge in [0.15, 0.2) is 0 Å². The molecule has 1 aliphatic heterocycles. The van der Waals surface area contributed by atoms with Crippen molar-refractivity contribution in [1.82, 2.24) is 9.80 Å². The zero-order valence-electron chi connectivity index (χ0n) is 14.5. The largest absolute Gasteiger partial charge is 0.496 e. The molecule has 0 radical (unpaired) electrons. The molecule has 2 aliphatic carbocycles. The van der Waals surface area contributed by atoms with Crippen LogP contribution in [-0.2, 0) is 16.8 Å². The lowest BCUT2D eigenvalue weighted by molar-refractivity contribution is -0.139. The van der Waals surface area contributed by atoms with Gasteiger partial charge >= 0.3 is 0 Å². The number of carbonyl (C=O) groups is 1. The monoisotopic (exact) mass is 329 g/mol. The Hall–Kier alpha value is -1.59. The van der Waals surface area contributed by atoms with Crippen molar-refractivity contribution in [2.24, 2.45) is 5.73 Å². The van der Waals surface area contributed by atoms with Crippen LogP contribution in [0.15, 0.2) is 18.2 Å². The molecule has 1 aromatic rings. The number of hydrogen-bond donors (Lipinski definition) is 1. The van der Waals surface area contributed by atoms with E-state index in [9.17, 15) is 4.79 Å². The van der Waals surface area contributed by atoms with Crippen LogP contribution in [0.3, 0.4) is 0 Å². The van der Waals surface area contributed by atoms with Crippen molar-refractivity contribution < 1.29 is 9.53 Å². The van der Waals surface area contributed by atoms with Crippen LogP contribution in [0.5, 0.6) is 5.75 Å². The minimum atomic E-state index is -0.886. The summed E-state index contributed by atoms with van der Waals surface area (Å²) in [5, 5.41) is 0. The Morgan fingerprint density at radius 3 is 2.62 bits per heavy atom. The molecule has 130 valence electrons. The first kappa shape index (κ1) is 15.9. The van der Waals surface area contributed by atoms with Crippen LogP contribution in [0.1, 0.15) is 36.8 Å². The van der Waals surface area contributed by atoms with Crippen LogP contribution in [0, 0.1) is 0 Å². The molecule has 2 fully saturated rings. The highest BCUT2D eigenvalue weighted by molar-refractivity contribution is 5.89. The summed E-state index contributed by atoms with van der Waals surface area (Å²) in [4.78, 5) is 17.7. The van der Waals surface area contributed by atoms with Gasteiger partial charge < -0.3 is 15.4 Å². The van der Waals surface area contributed by atoms with E-state index in [1.165, 1.54) is 19.3 Å². The number of amides is 1. The lowest BCUT2D eigenvalue weighted by Crippen LogP contribution is -2.59. The first-order chi connectivity index (χ1) is 11.6. The molecule has 1 heterocycles. The molecule has 1 amide bonds. The minimum absolute atomic E-state index is 0.0859. The fourth-order valence-electron chi connectivity index (χ4n) is 4.44. The van der Waals surface area contributed by atoms with E-state index < -0.39 is 5.54 Å². The molecule has 0 aromatic heterocycles. The molecule has 1 saturated heterocycles. The number of nitrogens with two attached hydrogens (primary N) is 1. The van der Waals surface area contributed by atoms with Gasteiger partial charge in [-0.15, -0.1) is 0 Å². The van der Waals surface area contributed by atoms with Crippen LogP contribution in [0.25, 0.3) is 0 Å². The average Bonchev–Trinajstić information content (AvgIpc) is 2.92. The van der Waals surface area contributed by atoms with Gasteiger partial charge in [0.25, 0.3) is 0 Å². The van der Waals surface area contributed by atoms with Gasteiger partial charge in [-0.2, -0.15) is 0 Å². The van der Waals surface area contributed by atoms with Gasteiger partial charge in [0.2, 0.25) is 5.91 Å². The molecule has 0 bridgehead atoms. The lowest BCUT2D eigenvalue weighted by Gasteiger charge is -2.44. The van der Waals surface area contributed by atoms with E-state index in [0.717, 1.165) is 55.5 Å². The standard InChI is InChI=1S/C19H27N3O2/c1-24-17-7-3-6-16-15(17)8-9-19(16,20)18(23)22-12-10-21(11-13-22)14-4-2-5-14/h3,6-7,14H,2,4-5,8-13,20H2,1H3. The summed E-state index contributed by atoms with van der Waals surface area (Å²) in [7, 11) is 1.67. The molecule has 0 spiro atoms. The Morgan fingerprint density at radius 1 is 1.25 bits per heavy atom. The average molecular weight is 329 g/mol. The Kier molecular flexibility index (Phi) is 4.01. The van der Waals surface area contributed by atoms with E-state index in [-0.39, 0.29) is 5.91 Å². The topological polar surface area (TPSA) is 58.8 Å². The Balaban J connectivity index is 1.49. The molecule has 1 saturated carbocycles.